The Kier molecular flexibility index (Phi) is 8.99. The van der Waals surface area contributed by atoms with E-state index in [9.17, 15) is 0 Å². The van der Waals surface area contributed by atoms with Crippen LogP contribution in [0.5, 0.6) is 0 Å². The van der Waals surface area contributed by atoms with Crippen molar-refractivity contribution in [3.63, 3.8) is 0 Å². The van der Waals surface area contributed by atoms with E-state index >= 15 is 0 Å². The van der Waals surface area contributed by atoms with E-state index in [1.54, 1.807) is 0 Å². The quantitative estimate of drug-likeness (QED) is 0.407. The van der Waals surface area contributed by atoms with Crippen LogP contribution in [0.25, 0.3) is 0 Å². The van der Waals surface area contributed by atoms with Gasteiger partial charge in [-0.25, -0.2) is 0 Å². The Hall–Kier alpha value is 0. The molecule has 0 saturated carbocycles. The van der Waals surface area contributed by atoms with Crippen LogP contribution in [0.4, 0.5) is 0 Å². The third-order valence-corrected chi connectivity index (χ3v) is 4.92. The fourth-order valence-corrected chi connectivity index (χ4v) is 3.43. The Morgan fingerprint density at radius 1 is 0.889 bits per heavy atom. The van der Waals surface area contributed by atoms with Crippen molar-refractivity contribution in [3.05, 3.63) is 0 Å². The second-order valence-corrected chi connectivity index (χ2v) is 7.20. The lowest BCUT2D eigenvalue weighted by atomic mass is 9.65. The summed E-state index contributed by atoms with van der Waals surface area (Å²) < 4.78 is 0. The first kappa shape index (κ1) is 18.0. The second-order valence-electron chi connectivity index (χ2n) is 7.20. The summed E-state index contributed by atoms with van der Waals surface area (Å²) >= 11 is 0. The zero-order valence-corrected chi connectivity index (χ0v) is 14.2. The summed E-state index contributed by atoms with van der Waals surface area (Å²) in [7, 11) is 0. The van der Waals surface area contributed by atoms with Gasteiger partial charge in [0.15, 0.2) is 0 Å². The van der Waals surface area contributed by atoms with Crippen LogP contribution in [0.3, 0.4) is 0 Å². The van der Waals surface area contributed by atoms with E-state index < -0.39 is 0 Å². The van der Waals surface area contributed by atoms with Crippen molar-refractivity contribution in [2.24, 2.45) is 23.2 Å². The molecular weight excluding hydrogens is 216 g/mol. The van der Waals surface area contributed by atoms with Crippen molar-refractivity contribution in [2.45, 2.75) is 93.4 Å². The molecule has 0 aliphatic rings. The van der Waals surface area contributed by atoms with Crippen LogP contribution in [-0.2, 0) is 0 Å². The summed E-state index contributed by atoms with van der Waals surface area (Å²) in [4.78, 5) is 0. The standard InChI is InChI=1S/C18H38/c1-8-11-17(10-3)18(7,13-12-15(4)5)14-16(6)9-2/h15-17H,8-14H2,1-7H3. The fourth-order valence-electron chi connectivity index (χ4n) is 3.43. The molecule has 0 aliphatic heterocycles. The smallest absolute Gasteiger partial charge is 0.0295 e. The summed E-state index contributed by atoms with van der Waals surface area (Å²) in [5.41, 5.74) is 0.574. The third-order valence-electron chi connectivity index (χ3n) is 4.92. The Morgan fingerprint density at radius 2 is 1.50 bits per heavy atom. The van der Waals surface area contributed by atoms with Crippen LogP contribution in [0.15, 0.2) is 0 Å². The lowest BCUT2D eigenvalue weighted by molar-refractivity contribution is 0.105. The van der Waals surface area contributed by atoms with Crippen molar-refractivity contribution in [1.82, 2.24) is 0 Å². The molecule has 0 bridgehead atoms. The number of rotatable bonds is 10. The Balaban J connectivity index is 4.74. The molecule has 0 aromatic carbocycles. The highest BCUT2D eigenvalue weighted by Gasteiger charge is 2.33. The second kappa shape index (κ2) is 8.99. The summed E-state index contributed by atoms with van der Waals surface area (Å²) in [6.45, 7) is 16.8. The number of hydrogen-bond donors (Lipinski definition) is 0. The van der Waals surface area contributed by atoms with Crippen LogP contribution in [0.1, 0.15) is 93.4 Å². The lowest BCUT2D eigenvalue weighted by Crippen LogP contribution is -2.30. The van der Waals surface area contributed by atoms with Gasteiger partial charge in [0.2, 0.25) is 0 Å². The van der Waals surface area contributed by atoms with Crippen molar-refractivity contribution in [1.29, 1.82) is 0 Å². The van der Waals surface area contributed by atoms with Gasteiger partial charge in [0, 0.05) is 0 Å². The van der Waals surface area contributed by atoms with Gasteiger partial charge in [-0.05, 0) is 36.0 Å². The molecular formula is C18H38. The maximum Gasteiger partial charge on any atom is -0.0295 e. The van der Waals surface area contributed by atoms with Gasteiger partial charge in [-0.3, -0.25) is 0 Å². The fraction of sp³-hybridized carbons (Fsp3) is 1.00. The highest BCUT2D eigenvalue weighted by Crippen LogP contribution is 2.44. The summed E-state index contributed by atoms with van der Waals surface area (Å²) in [6, 6.07) is 0. The molecule has 0 nitrogen and oxygen atoms in total. The van der Waals surface area contributed by atoms with E-state index in [-0.39, 0.29) is 0 Å². The third kappa shape index (κ3) is 6.25. The molecule has 0 rings (SSSR count). The van der Waals surface area contributed by atoms with E-state index in [0.29, 0.717) is 5.41 Å². The first-order valence-electron chi connectivity index (χ1n) is 8.39. The highest BCUT2D eigenvalue weighted by atomic mass is 14.4. The monoisotopic (exact) mass is 254 g/mol. The predicted molar refractivity (Wildman–Crippen MR) is 84.9 cm³/mol. The maximum atomic E-state index is 2.57. The van der Waals surface area contributed by atoms with E-state index in [1.165, 1.54) is 44.9 Å². The summed E-state index contributed by atoms with van der Waals surface area (Å²) in [5, 5.41) is 0. The van der Waals surface area contributed by atoms with Crippen LogP contribution in [0.2, 0.25) is 0 Å². The van der Waals surface area contributed by atoms with Crippen molar-refractivity contribution in [3.8, 4) is 0 Å². The molecule has 3 unspecified atom stereocenters. The maximum absolute atomic E-state index is 2.57. The lowest BCUT2D eigenvalue weighted by Gasteiger charge is -2.40. The van der Waals surface area contributed by atoms with Crippen LogP contribution < -0.4 is 0 Å². The van der Waals surface area contributed by atoms with Crippen molar-refractivity contribution >= 4 is 0 Å². The molecule has 0 spiro atoms. The predicted octanol–water partition coefficient (Wildman–Crippen LogP) is 6.69. The molecule has 0 fully saturated rings. The Bertz CT molecular complexity index is 194. The first-order chi connectivity index (χ1) is 8.39. The van der Waals surface area contributed by atoms with E-state index in [2.05, 4.69) is 48.5 Å². The number of hydrogen-bond acceptors (Lipinski definition) is 0. The molecule has 0 radical (unpaired) electrons. The molecule has 0 N–H and O–H groups in total. The van der Waals surface area contributed by atoms with Crippen molar-refractivity contribution < 1.29 is 0 Å². The van der Waals surface area contributed by atoms with E-state index in [1.807, 2.05) is 0 Å². The normalized spacial score (nSPS) is 18.7. The SMILES string of the molecule is CCCC(CC)C(C)(CCC(C)C)CC(C)CC. The summed E-state index contributed by atoms with van der Waals surface area (Å²) in [6.07, 6.45) is 9.70. The minimum atomic E-state index is 0.574. The molecule has 110 valence electrons. The van der Waals surface area contributed by atoms with Crippen LogP contribution in [-0.4, -0.2) is 0 Å². The van der Waals surface area contributed by atoms with Gasteiger partial charge < -0.3 is 0 Å². The Morgan fingerprint density at radius 3 is 1.89 bits per heavy atom. The summed E-state index contributed by atoms with van der Waals surface area (Å²) in [5.74, 6) is 2.66. The van der Waals surface area contributed by atoms with Gasteiger partial charge in [0.25, 0.3) is 0 Å². The molecule has 0 saturated heterocycles. The zero-order chi connectivity index (χ0) is 14.2. The molecule has 3 atom stereocenters. The van der Waals surface area contributed by atoms with E-state index in [0.717, 1.165) is 17.8 Å². The largest absolute Gasteiger partial charge is 0.0654 e. The molecule has 0 heteroatoms. The topological polar surface area (TPSA) is 0 Å². The molecule has 0 aliphatic carbocycles. The molecule has 0 amide bonds. The average molecular weight is 255 g/mol. The Labute approximate surface area is 117 Å². The van der Waals surface area contributed by atoms with Gasteiger partial charge >= 0.3 is 0 Å². The molecule has 0 heterocycles. The van der Waals surface area contributed by atoms with Crippen molar-refractivity contribution in [2.75, 3.05) is 0 Å². The van der Waals surface area contributed by atoms with Gasteiger partial charge in [-0.2, -0.15) is 0 Å². The average Bonchev–Trinajstić information content (AvgIpc) is 2.33. The van der Waals surface area contributed by atoms with Crippen LogP contribution >= 0.6 is 0 Å². The van der Waals surface area contributed by atoms with Crippen LogP contribution in [0, 0.1) is 23.2 Å². The minimum Gasteiger partial charge on any atom is -0.0654 e. The molecule has 0 aromatic heterocycles. The van der Waals surface area contributed by atoms with Gasteiger partial charge in [-0.15, -0.1) is 0 Å². The van der Waals surface area contributed by atoms with Gasteiger partial charge in [0.1, 0.15) is 0 Å². The molecule has 0 aromatic rings. The molecule has 18 heavy (non-hydrogen) atoms. The first-order valence-corrected chi connectivity index (χ1v) is 8.39. The van der Waals surface area contributed by atoms with Gasteiger partial charge in [-0.1, -0.05) is 80.6 Å². The van der Waals surface area contributed by atoms with E-state index in [4.69, 9.17) is 0 Å². The minimum absolute atomic E-state index is 0.574. The zero-order valence-electron chi connectivity index (χ0n) is 14.2. The van der Waals surface area contributed by atoms with Gasteiger partial charge in [0.05, 0.1) is 0 Å². The highest BCUT2D eigenvalue weighted by molar-refractivity contribution is 4.83.